The van der Waals surface area contributed by atoms with Gasteiger partial charge in [-0.3, -0.25) is 0 Å². The average Bonchev–Trinajstić information content (AvgIpc) is 1.84. The fourth-order valence-corrected chi connectivity index (χ4v) is 12.6. The minimum atomic E-state index is 0.137. The van der Waals surface area contributed by atoms with Crippen molar-refractivity contribution in [3.63, 3.8) is 0 Å². The third-order valence-corrected chi connectivity index (χ3v) is 18.5. The van der Waals surface area contributed by atoms with Crippen LogP contribution >= 0.6 is 142 Å². The number of rotatable bonds is 12. The minimum Gasteiger partial charge on any atom is -0.429 e. The molecule has 88 heavy (non-hydrogen) atoms. The second-order valence-corrected chi connectivity index (χ2v) is 26.7. The van der Waals surface area contributed by atoms with Crippen LogP contribution in [0.25, 0.3) is 0 Å². The lowest BCUT2D eigenvalue weighted by atomic mass is 10.3. The summed E-state index contributed by atoms with van der Waals surface area (Å²) < 4.78 is 27.4. The van der Waals surface area contributed by atoms with E-state index in [2.05, 4.69) is 20.5 Å². The van der Waals surface area contributed by atoms with Gasteiger partial charge in [0, 0.05) is 76.5 Å². The lowest BCUT2D eigenvalue weighted by molar-refractivity contribution is 0.431. The van der Waals surface area contributed by atoms with E-state index in [1.54, 1.807) is 173 Å². The van der Waals surface area contributed by atoms with Crippen LogP contribution in [0, 0.1) is 0 Å². The van der Waals surface area contributed by atoms with E-state index in [4.69, 9.17) is 135 Å². The molecule has 16 nitrogen and oxygen atoms in total. The fraction of sp³-hybridized carbons (Fsp3) is 0.133. The summed E-state index contributed by atoms with van der Waals surface area (Å²) in [7, 11) is 14.3. The SMILES string of the molecule is CN(C)C(=S)Oc1c2cc(N=Nc3ccc(Cl)cc3)cc1Sc1cc(N=Nc3ccc(Cl)cc3)cc(c1OC(=S)N(C)C)Sc1cc(N=Nc3ccc(Cl)cc3)cc(c1OC(=S)N(C)C)Sc1cc(N=Nc3ccc(Cl)cc3)cc(c1OC(=S)N(C)C)S2. The van der Waals surface area contributed by atoms with Gasteiger partial charge in [-0.15, -0.1) is 0 Å². The molecular weight excluding hydrogens is 1350 g/mol. The first-order chi connectivity index (χ1) is 42.1. The van der Waals surface area contributed by atoms with Crippen molar-refractivity contribution in [1.29, 1.82) is 0 Å². The van der Waals surface area contributed by atoms with Gasteiger partial charge in [-0.25, -0.2) is 0 Å². The van der Waals surface area contributed by atoms with Crippen LogP contribution in [0.15, 0.2) is 226 Å². The zero-order valence-electron chi connectivity index (χ0n) is 47.6. The largest absolute Gasteiger partial charge is 0.429 e. The summed E-state index contributed by atoms with van der Waals surface area (Å²) in [5.41, 5.74) is 3.84. The molecule has 0 amide bonds. The number of fused-ring (bicyclic) bond motifs is 8. The number of ether oxygens (including phenoxy) is 4. The van der Waals surface area contributed by atoms with E-state index >= 15 is 0 Å². The van der Waals surface area contributed by atoms with Gasteiger partial charge in [-0.1, -0.05) is 93.5 Å². The maximum atomic E-state index is 6.85. The van der Waals surface area contributed by atoms with Crippen molar-refractivity contribution < 1.29 is 18.9 Å². The monoisotopic (exact) mass is 1400 g/mol. The molecule has 1 heterocycles. The average molecular weight is 1400 g/mol. The molecule has 0 fully saturated rings. The van der Waals surface area contributed by atoms with Crippen LogP contribution in [-0.4, -0.2) is 96.7 Å². The first kappa shape index (κ1) is 65.9. The molecule has 0 N–H and O–H groups in total. The number of halogens is 4. The number of hydrogen-bond donors (Lipinski definition) is 0. The van der Waals surface area contributed by atoms with Gasteiger partial charge in [0.1, 0.15) is 0 Å². The van der Waals surface area contributed by atoms with Crippen molar-refractivity contribution >= 4 is 209 Å². The van der Waals surface area contributed by atoms with Gasteiger partial charge in [0.2, 0.25) is 0 Å². The van der Waals surface area contributed by atoms with Crippen LogP contribution in [0.1, 0.15) is 0 Å². The van der Waals surface area contributed by atoms with Crippen LogP contribution in [0.3, 0.4) is 0 Å². The van der Waals surface area contributed by atoms with Crippen LogP contribution in [0.2, 0.25) is 20.1 Å². The highest BCUT2D eigenvalue weighted by Crippen LogP contribution is 2.57. The molecule has 8 aromatic rings. The first-order valence-electron chi connectivity index (χ1n) is 25.8. The van der Waals surface area contributed by atoms with E-state index in [0.29, 0.717) is 128 Å². The van der Waals surface area contributed by atoms with Crippen LogP contribution in [-0.2, 0) is 0 Å². The fourth-order valence-electron chi connectivity index (χ4n) is 7.17. The Bertz CT molecular complexity index is 3470. The lowest BCUT2D eigenvalue weighted by Crippen LogP contribution is -2.26. The standard InChI is InChI=1S/C60H48Cl4N12O4S8/c1-73(2)57(81)77-53-45-25-41(69-65-37-17-9-33(61)10-18-37)26-46(53)86-48-28-43(71-67-39-21-13-35(63)14-22-39)30-50(55(48)79-59(83)75(5)6)88-52-32-44(72-68-40-23-15-36(64)16-24-40)31-51(56(52)80-60(84)76(7)8)87-49-29-42(70-66-38-19-11-34(62)12-20-38)27-47(85-45)54(49)78-58(82)74(3)4/h9-32H,1-8H3. The van der Waals surface area contributed by atoms with E-state index < -0.39 is 0 Å². The number of thiocarbonyl (C=S) groups is 4. The molecule has 8 aromatic carbocycles. The van der Waals surface area contributed by atoms with Gasteiger partial charge in [0.25, 0.3) is 20.7 Å². The highest BCUT2D eigenvalue weighted by atomic mass is 35.5. The molecule has 0 atom stereocenters. The minimum absolute atomic E-state index is 0.137. The van der Waals surface area contributed by atoms with Crippen molar-refractivity contribution in [1.82, 2.24) is 19.6 Å². The number of azo groups is 4. The lowest BCUT2D eigenvalue weighted by Gasteiger charge is -2.24. The van der Waals surface area contributed by atoms with Gasteiger partial charge >= 0.3 is 0 Å². The molecule has 0 saturated carbocycles. The molecule has 448 valence electrons. The van der Waals surface area contributed by atoms with Gasteiger partial charge < -0.3 is 38.5 Å². The summed E-state index contributed by atoms with van der Waals surface area (Å²) in [4.78, 5) is 10.7. The van der Waals surface area contributed by atoms with E-state index in [1.807, 2.05) is 48.5 Å². The normalized spacial score (nSPS) is 12.1. The molecule has 0 spiro atoms. The summed E-state index contributed by atoms with van der Waals surface area (Å²) in [5.74, 6) is 1.30. The Labute approximate surface area is 567 Å². The van der Waals surface area contributed by atoms with Crippen LogP contribution in [0.5, 0.6) is 23.0 Å². The summed E-state index contributed by atoms with van der Waals surface area (Å²) in [6.45, 7) is 0. The van der Waals surface area contributed by atoms with Gasteiger partial charge in [-0.2, -0.15) is 40.9 Å². The molecule has 0 aliphatic carbocycles. The Balaban J connectivity index is 1.42. The van der Waals surface area contributed by atoms with E-state index in [1.165, 1.54) is 47.0 Å². The first-order valence-corrected chi connectivity index (χ1v) is 32.2. The molecular formula is C60H48Cl4N12O4S8. The maximum Gasteiger partial charge on any atom is 0.264 e. The third kappa shape index (κ3) is 17.9. The number of nitrogens with zero attached hydrogens (tertiary/aromatic N) is 12. The Morgan fingerprint density at radius 2 is 0.420 bits per heavy atom. The Kier molecular flexibility index (Phi) is 22.7. The molecule has 0 radical (unpaired) electrons. The van der Waals surface area contributed by atoms with Crippen molar-refractivity contribution in [2.45, 2.75) is 39.2 Å². The molecule has 1 aliphatic heterocycles. The molecule has 8 bridgehead atoms. The summed E-state index contributed by atoms with van der Waals surface area (Å²) in [6.07, 6.45) is 0. The van der Waals surface area contributed by atoms with E-state index in [9.17, 15) is 0 Å². The quantitative estimate of drug-likeness (QED) is 0.0842. The molecule has 0 unspecified atom stereocenters. The molecule has 28 heteroatoms. The molecule has 0 aromatic heterocycles. The van der Waals surface area contributed by atoms with Crippen molar-refractivity contribution in [3.05, 3.63) is 166 Å². The predicted molar refractivity (Wildman–Crippen MR) is 372 cm³/mol. The second-order valence-electron chi connectivity index (χ2n) is 19.2. The topological polar surface area (TPSA) is 149 Å². The van der Waals surface area contributed by atoms with E-state index in [-0.39, 0.29) is 20.7 Å². The third-order valence-electron chi connectivity index (χ3n) is 11.6. The zero-order valence-corrected chi connectivity index (χ0v) is 57.2. The molecule has 1 aliphatic rings. The molecule has 0 saturated heterocycles. The summed E-state index contributed by atoms with van der Waals surface area (Å²) in [5, 5.41) is 40.6. The van der Waals surface area contributed by atoms with Gasteiger partial charge in [0.15, 0.2) is 23.0 Å². The molecule has 9 rings (SSSR count). The Morgan fingerprint density at radius 1 is 0.273 bits per heavy atom. The maximum absolute atomic E-state index is 6.85. The number of benzene rings is 8. The zero-order chi connectivity index (χ0) is 62.8. The Morgan fingerprint density at radius 3 is 0.568 bits per heavy atom. The van der Waals surface area contributed by atoms with Gasteiger partial charge in [0.05, 0.1) is 84.7 Å². The highest BCUT2D eigenvalue weighted by molar-refractivity contribution is 8.01. The van der Waals surface area contributed by atoms with E-state index in [0.717, 1.165) is 0 Å². The summed E-state index contributed by atoms with van der Waals surface area (Å²) >= 11 is 54.2. The predicted octanol–water partition coefficient (Wildman–Crippen LogP) is 21.8. The van der Waals surface area contributed by atoms with Crippen molar-refractivity contribution in [2.24, 2.45) is 40.9 Å². The van der Waals surface area contributed by atoms with Crippen LogP contribution in [0.4, 0.5) is 45.5 Å². The second kappa shape index (κ2) is 30.3. The smallest absolute Gasteiger partial charge is 0.264 e. The highest BCUT2D eigenvalue weighted by Gasteiger charge is 2.29. The Hall–Kier alpha value is -6.52. The van der Waals surface area contributed by atoms with Crippen molar-refractivity contribution in [2.75, 3.05) is 56.4 Å². The van der Waals surface area contributed by atoms with Crippen molar-refractivity contribution in [3.8, 4) is 23.0 Å². The summed E-state index contributed by atoms with van der Waals surface area (Å²) in [6, 6.07) is 42.7. The van der Waals surface area contributed by atoms with Gasteiger partial charge in [-0.05, 0) is 194 Å². The number of hydrogen-bond acceptors (Lipinski definition) is 20. The van der Waals surface area contributed by atoms with Crippen LogP contribution < -0.4 is 18.9 Å².